The molecule has 0 unspecified atom stereocenters. The molecule has 0 radical (unpaired) electrons. The molecule has 0 aliphatic heterocycles. The van der Waals surface area contributed by atoms with Crippen molar-refractivity contribution >= 4 is 17.4 Å². The third kappa shape index (κ3) is 1.13. The van der Waals surface area contributed by atoms with Crippen molar-refractivity contribution in [2.75, 3.05) is 0 Å². The van der Waals surface area contributed by atoms with Crippen LogP contribution in [0.3, 0.4) is 0 Å². The Balaban J connectivity index is 2.18. The van der Waals surface area contributed by atoms with E-state index in [1.807, 2.05) is 11.3 Å². The maximum Gasteiger partial charge on any atom is 0.0162 e. The lowest BCUT2D eigenvalue weighted by Gasteiger charge is -1.98. The molecule has 0 N–H and O–H groups in total. The molecule has 0 saturated carbocycles. The number of allylic oxidation sites excluding steroid dienone is 1. The second-order valence-corrected chi connectivity index (χ2v) is 4.42. The summed E-state index contributed by atoms with van der Waals surface area (Å²) in [5, 5.41) is 2.27. The first-order valence-electron chi connectivity index (χ1n) is 4.77. The van der Waals surface area contributed by atoms with Gasteiger partial charge in [0.2, 0.25) is 0 Å². The van der Waals surface area contributed by atoms with Crippen molar-refractivity contribution in [3.05, 3.63) is 52.2 Å². The van der Waals surface area contributed by atoms with E-state index in [2.05, 4.69) is 47.9 Å². The number of rotatable bonds is 1. The quantitative estimate of drug-likeness (QED) is 0.650. The SMILES string of the molecule is C1=Cc2c(-c3ccccc3)csc2C1. The van der Waals surface area contributed by atoms with Crippen LogP contribution in [-0.2, 0) is 6.42 Å². The van der Waals surface area contributed by atoms with Crippen LogP contribution >= 0.6 is 11.3 Å². The van der Waals surface area contributed by atoms with Gasteiger partial charge < -0.3 is 0 Å². The van der Waals surface area contributed by atoms with Gasteiger partial charge in [-0.3, -0.25) is 0 Å². The number of thiophene rings is 1. The molecule has 1 heteroatoms. The van der Waals surface area contributed by atoms with E-state index in [1.165, 1.54) is 21.6 Å². The van der Waals surface area contributed by atoms with Crippen molar-refractivity contribution in [3.8, 4) is 11.1 Å². The van der Waals surface area contributed by atoms with Crippen molar-refractivity contribution < 1.29 is 0 Å². The second-order valence-electron chi connectivity index (χ2n) is 3.46. The zero-order valence-electron chi connectivity index (χ0n) is 7.73. The molecule has 0 atom stereocenters. The molecule has 0 nitrogen and oxygen atoms in total. The minimum atomic E-state index is 1.12. The van der Waals surface area contributed by atoms with E-state index in [0.717, 1.165) is 6.42 Å². The van der Waals surface area contributed by atoms with Gasteiger partial charge in [0.05, 0.1) is 0 Å². The molecule has 3 rings (SSSR count). The van der Waals surface area contributed by atoms with Crippen LogP contribution < -0.4 is 0 Å². The smallest absolute Gasteiger partial charge is 0.0162 e. The van der Waals surface area contributed by atoms with Crippen molar-refractivity contribution in [1.82, 2.24) is 0 Å². The molecule has 0 bridgehead atoms. The number of fused-ring (bicyclic) bond motifs is 1. The predicted molar refractivity (Wildman–Crippen MR) is 62.5 cm³/mol. The second kappa shape index (κ2) is 3.10. The summed E-state index contributed by atoms with van der Waals surface area (Å²) in [5.41, 5.74) is 4.15. The lowest BCUT2D eigenvalue weighted by atomic mass is 10.0. The van der Waals surface area contributed by atoms with E-state index in [1.54, 1.807) is 0 Å². The Bertz CT molecular complexity index is 477. The highest BCUT2D eigenvalue weighted by Gasteiger charge is 2.12. The van der Waals surface area contributed by atoms with Gasteiger partial charge in [0, 0.05) is 11.3 Å². The standard InChI is InChI=1S/C13H10S/c1-2-5-10(6-3-1)12-9-14-13-8-4-7-11(12)13/h1-7,9H,8H2. The summed E-state index contributed by atoms with van der Waals surface area (Å²) in [6.45, 7) is 0. The summed E-state index contributed by atoms with van der Waals surface area (Å²) in [6.07, 6.45) is 5.61. The van der Waals surface area contributed by atoms with Gasteiger partial charge in [-0.2, -0.15) is 0 Å². The maximum atomic E-state index is 2.27. The predicted octanol–water partition coefficient (Wildman–Crippen LogP) is 3.98. The van der Waals surface area contributed by atoms with Gasteiger partial charge in [-0.15, -0.1) is 11.3 Å². The summed E-state index contributed by atoms with van der Waals surface area (Å²) in [7, 11) is 0. The summed E-state index contributed by atoms with van der Waals surface area (Å²) in [5.74, 6) is 0. The molecular weight excluding hydrogens is 188 g/mol. The Labute approximate surface area is 87.5 Å². The van der Waals surface area contributed by atoms with Crippen LogP contribution in [0.4, 0.5) is 0 Å². The Morgan fingerprint density at radius 1 is 1.07 bits per heavy atom. The molecule has 1 aromatic heterocycles. The van der Waals surface area contributed by atoms with Crippen LogP contribution in [-0.4, -0.2) is 0 Å². The number of hydrogen-bond donors (Lipinski definition) is 0. The lowest BCUT2D eigenvalue weighted by Crippen LogP contribution is -1.76. The number of benzene rings is 1. The Kier molecular flexibility index (Phi) is 1.78. The van der Waals surface area contributed by atoms with E-state index in [9.17, 15) is 0 Å². The van der Waals surface area contributed by atoms with Gasteiger partial charge in [0.25, 0.3) is 0 Å². The molecule has 0 fully saturated rings. The molecule has 1 aromatic carbocycles. The third-order valence-corrected chi connectivity index (χ3v) is 3.61. The summed E-state index contributed by atoms with van der Waals surface area (Å²) < 4.78 is 0. The third-order valence-electron chi connectivity index (χ3n) is 2.58. The van der Waals surface area contributed by atoms with Gasteiger partial charge in [-0.1, -0.05) is 42.5 Å². The average molecular weight is 198 g/mol. The topological polar surface area (TPSA) is 0 Å². The highest BCUT2D eigenvalue weighted by Crippen LogP contribution is 2.35. The van der Waals surface area contributed by atoms with E-state index in [-0.39, 0.29) is 0 Å². The van der Waals surface area contributed by atoms with Gasteiger partial charge in [-0.05, 0) is 22.1 Å². The monoisotopic (exact) mass is 198 g/mol. The van der Waals surface area contributed by atoms with Crippen molar-refractivity contribution in [2.24, 2.45) is 0 Å². The molecule has 14 heavy (non-hydrogen) atoms. The van der Waals surface area contributed by atoms with E-state index < -0.39 is 0 Å². The fourth-order valence-electron chi connectivity index (χ4n) is 1.87. The van der Waals surface area contributed by atoms with Gasteiger partial charge in [0.15, 0.2) is 0 Å². The minimum Gasteiger partial charge on any atom is -0.147 e. The van der Waals surface area contributed by atoms with E-state index in [0.29, 0.717) is 0 Å². The molecule has 1 heterocycles. The van der Waals surface area contributed by atoms with Gasteiger partial charge in [-0.25, -0.2) is 0 Å². The molecular formula is C13H10S. The highest BCUT2D eigenvalue weighted by atomic mass is 32.1. The first-order chi connectivity index (χ1) is 6.95. The van der Waals surface area contributed by atoms with E-state index in [4.69, 9.17) is 0 Å². The lowest BCUT2D eigenvalue weighted by molar-refractivity contribution is 1.39. The number of hydrogen-bond acceptors (Lipinski definition) is 1. The first-order valence-corrected chi connectivity index (χ1v) is 5.65. The molecule has 2 aromatic rings. The zero-order chi connectivity index (χ0) is 9.38. The fraction of sp³-hybridized carbons (Fsp3) is 0.0769. The molecule has 0 saturated heterocycles. The molecule has 68 valence electrons. The van der Waals surface area contributed by atoms with Crippen molar-refractivity contribution in [1.29, 1.82) is 0 Å². The molecule has 1 aliphatic rings. The Morgan fingerprint density at radius 3 is 2.79 bits per heavy atom. The van der Waals surface area contributed by atoms with E-state index >= 15 is 0 Å². The fourth-order valence-corrected chi connectivity index (χ4v) is 2.89. The molecule has 0 spiro atoms. The first kappa shape index (κ1) is 8.01. The maximum absolute atomic E-state index is 2.27. The Morgan fingerprint density at radius 2 is 1.93 bits per heavy atom. The van der Waals surface area contributed by atoms with Crippen LogP contribution in [0.5, 0.6) is 0 Å². The Hall–Kier alpha value is -1.34. The zero-order valence-corrected chi connectivity index (χ0v) is 8.55. The minimum absolute atomic E-state index is 1.12. The highest BCUT2D eigenvalue weighted by molar-refractivity contribution is 7.10. The summed E-state index contributed by atoms with van der Waals surface area (Å²) in [6, 6.07) is 10.6. The van der Waals surface area contributed by atoms with Gasteiger partial charge >= 0.3 is 0 Å². The molecule has 1 aliphatic carbocycles. The van der Waals surface area contributed by atoms with Crippen LogP contribution in [0.15, 0.2) is 41.8 Å². The normalized spacial score (nSPS) is 13.1. The molecule has 0 amide bonds. The van der Waals surface area contributed by atoms with Crippen molar-refractivity contribution in [2.45, 2.75) is 6.42 Å². The summed E-state index contributed by atoms with van der Waals surface area (Å²) >= 11 is 1.87. The van der Waals surface area contributed by atoms with Crippen LogP contribution in [0.2, 0.25) is 0 Å². The van der Waals surface area contributed by atoms with Crippen LogP contribution in [0.25, 0.3) is 17.2 Å². The average Bonchev–Trinajstić information content (AvgIpc) is 2.79. The van der Waals surface area contributed by atoms with Crippen molar-refractivity contribution in [3.63, 3.8) is 0 Å². The van der Waals surface area contributed by atoms with Gasteiger partial charge in [0.1, 0.15) is 0 Å². The van der Waals surface area contributed by atoms with Crippen LogP contribution in [0, 0.1) is 0 Å². The largest absolute Gasteiger partial charge is 0.147 e. The van der Waals surface area contributed by atoms with Crippen LogP contribution in [0.1, 0.15) is 10.4 Å². The summed E-state index contributed by atoms with van der Waals surface area (Å²) in [4.78, 5) is 1.50.